The minimum absolute atomic E-state index is 0.0252. The summed E-state index contributed by atoms with van der Waals surface area (Å²) >= 11 is 5.89. The minimum Gasteiger partial charge on any atom is -0.473 e. The molecule has 0 aliphatic rings. The molecular weight excluding hydrogens is 462 g/mol. The monoisotopic (exact) mass is 481 g/mol. The van der Waals surface area contributed by atoms with Crippen molar-refractivity contribution in [2.75, 3.05) is 12.8 Å². The molecule has 0 aliphatic carbocycles. The average molecular weight is 482 g/mol. The van der Waals surface area contributed by atoms with E-state index in [1.807, 2.05) is 0 Å². The van der Waals surface area contributed by atoms with Crippen LogP contribution in [0.25, 0.3) is 0 Å². The van der Waals surface area contributed by atoms with Gasteiger partial charge in [0.2, 0.25) is 13.1 Å². The highest BCUT2D eigenvalue weighted by molar-refractivity contribution is 7.59. The molecule has 0 heterocycles. The van der Waals surface area contributed by atoms with Crippen LogP contribution in [0.1, 0.15) is 26.3 Å². The van der Waals surface area contributed by atoms with E-state index >= 15 is 0 Å². The molecule has 0 radical (unpaired) electrons. The largest absolute Gasteiger partial charge is 0.473 e. The molecule has 0 fully saturated rings. The van der Waals surface area contributed by atoms with Gasteiger partial charge in [-0.2, -0.15) is 13.2 Å². The molecule has 0 spiro atoms. The van der Waals surface area contributed by atoms with Crippen molar-refractivity contribution in [2.45, 2.75) is 32.8 Å². The molecule has 0 saturated carbocycles. The van der Waals surface area contributed by atoms with Crippen LogP contribution in [0.5, 0.6) is 17.2 Å². The van der Waals surface area contributed by atoms with Gasteiger partial charge in [-0.25, -0.2) is 0 Å². The van der Waals surface area contributed by atoms with Crippen molar-refractivity contribution in [2.24, 2.45) is 0 Å². The van der Waals surface area contributed by atoms with E-state index in [9.17, 15) is 27.9 Å². The molecule has 0 aliphatic heterocycles. The Hall–Kier alpha value is -2.29. The molecule has 2 unspecified atom stereocenters. The van der Waals surface area contributed by atoms with Crippen LogP contribution >= 0.6 is 19.0 Å². The molecule has 2 aromatic carbocycles. The van der Waals surface area contributed by atoms with Crippen molar-refractivity contribution in [3.63, 3.8) is 0 Å². The van der Waals surface area contributed by atoms with Gasteiger partial charge >= 0.3 is 11.9 Å². The number of nitro benzene ring substituents is 1. The lowest BCUT2D eigenvalue weighted by molar-refractivity contribution is -0.386. The maximum absolute atomic E-state index is 12.8. The van der Waals surface area contributed by atoms with E-state index in [2.05, 4.69) is 0 Å². The minimum atomic E-state index is -4.57. The number of alkyl halides is 3. The lowest BCUT2D eigenvalue weighted by atomic mass is 10.2. The first-order valence-corrected chi connectivity index (χ1v) is 11.4. The predicted molar refractivity (Wildman–Crippen MR) is 109 cm³/mol. The Labute approximate surface area is 181 Å². The second kappa shape index (κ2) is 9.89. The summed E-state index contributed by atoms with van der Waals surface area (Å²) in [6.45, 7) is 4.97. The Morgan fingerprint density at radius 3 is 2.35 bits per heavy atom. The van der Waals surface area contributed by atoms with E-state index in [1.165, 1.54) is 19.1 Å². The molecule has 31 heavy (non-hydrogen) atoms. The zero-order valence-corrected chi connectivity index (χ0v) is 18.5. The Balaban J connectivity index is 2.36. The van der Waals surface area contributed by atoms with Gasteiger partial charge in [0.25, 0.3) is 0 Å². The molecule has 12 heteroatoms. The van der Waals surface area contributed by atoms with E-state index < -0.39 is 35.6 Å². The summed E-state index contributed by atoms with van der Waals surface area (Å²) < 4.78 is 67.6. The lowest BCUT2D eigenvalue weighted by Crippen LogP contribution is -2.16. The SMILES string of the molecule is CCOP(=O)(CC)C(C)Oc1cc(Oc2ccc(C(F)(F)F)cc2Cl)ccc1[N+](=O)[O-]. The third kappa shape index (κ3) is 6.12. The van der Waals surface area contributed by atoms with E-state index in [-0.39, 0.29) is 35.0 Å². The number of nitro groups is 1. The molecule has 2 rings (SSSR count). The quantitative estimate of drug-likeness (QED) is 0.215. The van der Waals surface area contributed by atoms with Gasteiger partial charge in [-0.1, -0.05) is 18.5 Å². The van der Waals surface area contributed by atoms with Crippen LogP contribution in [-0.2, 0) is 15.3 Å². The van der Waals surface area contributed by atoms with E-state index in [1.54, 1.807) is 13.8 Å². The molecule has 7 nitrogen and oxygen atoms in total. The zero-order chi connectivity index (χ0) is 23.4. The van der Waals surface area contributed by atoms with Gasteiger partial charge in [0, 0.05) is 18.3 Å². The Kier molecular flexibility index (Phi) is 7.97. The highest BCUT2D eigenvalue weighted by Gasteiger charge is 2.33. The van der Waals surface area contributed by atoms with Crippen LogP contribution < -0.4 is 9.47 Å². The van der Waals surface area contributed by atoms with Crippen molar-refractivity contribution in [1.82, 2.24) is 0 Å². The Morgan fingerprint density at radius 1 is 1.16 bits per heavy atom. The number of benzene rings is 2. The molecule has 0 amide bonds. The second-order valence-corrected chi connectivity index (χ2v) is 9.79. The van der Waals surface area contributed by atoms with Gasteiger partial charge in [-0.05, 0) is 38.1 Å². The smallest absolute Gasteiger partial charge is 0.416 e. The number of hydrogen-bond acceptors (Lipinski definition) is 6. The van der Waals surface area contributed by atoms with Gasteiger partial charge < -0.3 is 14.0 Å². The number of hydrogen-bond donors (Lipinski definition) is 0. The molecule has 2 aromatic rings. The fourth-order valence-electron chi connectivity index (χ4n) is 2.63. The van der Waals surface area contributed by atoms with E-state index in [4.69, 9.17) is 25.6 Å². The van der Waals surface area contributed by atoms with Crippen LogP contribution in [-0.4, -0.2) is 23.5 Å². The first kappa shape index (κ1) is 25.0. The summed E-state index contributed by atoms with van der Waals surface area (Å²) in [5.74, 6) is -1.28. The summed E-state index contributed by atoms with van der Waals surface area (Å²) in [4.78, 5) is 10.7. The third-order valence-electron chi connectivity index (χ3n) is 4.25. The van der Waals surface area contributed by atoms with E-state index in [0.717, 1.165) is 18.2 Å². The van der Waals surface area contributed by atoms with Crippen molar-refractivity contribution in [3.05, 3.63) is 57.1 Å². The normalized spacial score (nSPS) is 14.5. The van der Waals surface area contributed by atoms with Crippen LogP contribution in [0, 0.1) is 10.1 Å². The van der Waals surface area contributed by atoms with Crippen molar-refractivity contribution in [1.29, 1.82) is 0 Å². The number of halogens is 4. The Bertz CT molecular complexity index is 1000. The molecule has 0 saturated heterocycles. The molecule has 0 aromatic heterocycles. The maximum atomic E-state index is 12.8. The fraction of sp³-hybridized carbons (Fsp3) is 0.368. The van der Waals surface area contributed by atoms with Crippen LogP contribution in [0.2, 0.25) is 5.02 Å². The lowest BCUT2D eigenvalue weighted by Gasteiger charge is -2.24. The predicted octanol–water partition coefficient (Wildman–Crippen LogP) is 7.12. The average Bonchev–Trinajstić information content (AvgIpc) is 2.68. The summed E-state index contributed by atoms with van der Waals surface area (Å²) in [6.07, 6.45) is -4.41. The first-order chi connectivity index (χ1) is 14.4. The summed E-state index contributed by atoms with van der Waals surface area (Å²) in [5.41, 5.74) is -1.35. The number of nitrogens with zero attached hydrogens (tertiary/aromatic N) is 1. The third-order valence-corrected chi connectivity index (χ3v) is 7.34. The van der Waals surface area contributed by atoms with Crippen LogP contribution in [0.15, 0.2) is 36.4 Å². The fourth-order valence-corrected chi connectivity index (χ4v) is 4.46. The number of ether oxygens (including phenoxy) is 2. The van der Waals surface area contributed by atoms with Gasteiger partial charge in [0.1, 0.15) is 11.5 Å². The molecule has 170 valence electrons. The maximum Gasteiger partial charge on any atom is 0.416 e. The Morgan fingerprint density at radius 2 is 1.84 bits per heavy atom. The van der Waals surface area contributed by atoms with Gasteiger partial charge in [0.15, 0.2) is 5.85 Å². The van der Waals surface area contributed by atoms with Crippen molar-refractivity contribution in [3.8, 4) is 17.2 Å². The number of rotatable bonds is 9. The van der Waals surface area contributed by atoms with Gasteiger partial charge in [-0.15, -0.1) is 0 Å². The summed E-state index contributed by atoms with van der Waals surface area (Å²) in [5, 5.41) is 11.1. The molecule has 0 bridgehead atoms. The topological polar surface area (TPSA) is 87.9 Å². The summed E-state index contributed by atoms with van der Waals surface area (Å²) in [7, 11) is -3.23. The first-order valence-electron chi connectivity index (χ1n) is 9.14. The molecule has 0 N–H and O–H groups in total. The summed E-state index contributed by atoms with van der Waals surface area (Å²) in [6, 6.07) is 6.07. The van der Waals surface area contributed by atoms with Gasteiger partial charge in [-0.3, -0.25) is 14.7 Å². The van der Waals surface area contributed by atoms with Crippen molar-refractivity contribution >= 4 is 24.7 Å². The van der Waals surface area contributed by atoms with Crippen molar-refractivity contribution < 1.29 is 36.7 Å². The molecule has 2 atom stereocenters. The van der Waals surface area contributed by atoms with Gasteiger partial charge in [0.05, 0.1) is 22.1 Å². The van der Waals surface area contributed by atoms with Crippen LogP contribution in [0.4, 0.5) is 18.9 Å². The van der Waals surface area contributed by atoms with Crippen LogP contribution in [0.3, 0.4) is 0 Å². The highest BCUT2D eigenvalue weighted by Crippen LogP contribution is 2.52. The van der Waals surface area contributed by atoms with E-state index in [0.29, 0.717) is 6.07 Å². The zero-order valence-electron chi connectivity index (χ0n) is 16.8. The standard InChI is InChI=1S/C19H20ClF3NO6P/c1-4-28-31(27,5-2)12(3)29-18-11-14(7-8-16(18)24(25)26)30-17-9-6-13(10-15(17)20)19(21,22)23/h6-12H,4-5H2,1-3H3. The second-order valence-electron chi connectivity index (χ2n) is 6.31. The highest BCUT2D eigenvalue weighted by atomic mass is 35.5. The molecular formula is C19H20ClF3NO6P.